The Bertz CT molecular complexity index is 1100. The fourth-order valence-electron chi connectivity index (χ4n) is 3.30. The minimum absolute atomic E-state index is 0.00192. The van der Waals surface area contributed by atoms with Crippen LogP contribution in [0.15, 0.2) is 79.0 Å². The van der Waals surface area contributed by atoms with Crippen LogP contribution in [0.4, 0.5) is 5.69 Å². The number of para-hydroxylation sites is 1. The number of aryl methyl sites for hydroxylation is 1. The standard InChI is InChI=1S/C23H19ClN2O/c1-15-5-4-6-18(13-15)26-22(23(27)16-9-11-17(24)12-10-16)20-14-25-21-8-3-2-7-19(20)21/h2-14,22,25-26H,1H3. The summed E-state index contributed by atoms with van der Waals surface area (Å²) in [4.78, 5) is 16.6. The summed E-state index contributed by atoms with van der Waals surface area (Å²) in [7, 11) is 0. The van der Waals surface area contributed by atoms with Crippen LogP contribution in [0.1, 0.15) is 27.5 Å². The maximum Gasteiger partial charge on any atom is 0.189 e. The van der Waals surface area contributed by atoms with E-state index in [-0.39, 0.29) is 5.78 Å². The first-order valence-corrected chi connectivity index (χ1v) is 9.18. The second kappa shape index (κ2) is 7.29. The average molecular weight is 375 g/mol. The van der Waals surface area contributed by atoms with Crippen LogP contribution in [0.2, 0.25) is 5.02 Å². The number of carbonyl (C=O) groups is 1. The lowest BCUT2D eigenvalue weighted by Gasteiger charge is -2.19. The van der Waals surface area contributed by atoms with Gasteiger partial charge in [-0.2, -0.15) is 0 Å². The molecule has 0 saturated heterocycles. The van der Waals surface area contributed by atoms with Crippen molar-refractivity contribution < 1.29 is 4.79 Å². The Morgan fingerprint density at radius 2 is 1.78 bits per heavy atom. The van der Waals surface area contributed by atoms with E-state index in [2.05, 4.69) is 10.3 Å². The van der Waals surface area contributed by atoms with Crippen molar-refractivity contribution in [1.29, 1.82) is 0 Å². The Morgan fingerprint density at radius 3 is 2.56 bits per heavy atom. The van der Waals surface area contributed by atoms with Gasteiger partial charge in [-0.05, 0) is 55.0 Å². The van der Waals surface area contributed by atoms with Crippen molar-refractivity contribution in [3.05, 3.63) is 101 Å². The van der Waals surface area contributed by atoms with Gasteiger partial charge in [0.05, 0.1) is 0 Å². The highest BCUT2D eigenvalue weighted by Crippen LogP contribution is 2.30. The normalized spacial score (nSPS) is 12.1. The first kappa shape index (κ1) is 17.4. The van der Waals surface area contributed by atoms with Crippen LogP contribution < -0.4 is 5.32 Å². The molecule has 0 radical (unpaired) electrons. The third kappa shape index (κ3) is 3.60. The molecule has 3 aromatic carbocycles. The third-order valence-electron chi connectivity index (χ3n) is 4.65. The van der Waals surface area contributed by atoms with Gasteiger partial charge in [0, 0.05) is 38.9 Å². The van der Waals surface area contributed by atoms with Gasteiger partial charge < -0.3 is 10.3 Å². The molecule has 0 fully saturated rings. The van der Waals surface area contributed by atoms with E-state index >= 15 is 0 Å². The Hall–Kier alpha value is -3.04. The topological polar surface area (TPSA) is 44.9 Å². The molecule has 2 N–H and O–H groups in total. The molecule has 0 spiro atoms. The van der Waals surface area contributed by atoms with Crippen LogP contribution in [0.25, 0.3) is 10.9 Å². The molecule has 0 aliphatic heterocycles. The zero-order valence-electron chi connectivity index (χ0n) is 14.9. The molecular weight excluding hydrogens is 356 g/mol. The Morgan fingerprint density at radius 1 is 1.00 bits per heavy atom. The van der Waals surface area contributed by atoms with Gasteiger partial charge in [0.1, 0.15) is 6.04 Å². The maximum atomic E-state index is 13.4. The Labute approximate surface area is 163 Å². The number of aromatic amines is 1. The fourth-order valence-corrected chi connectivity index (χ4v) is 3.43. The van der Waals surface area contributed by atoms with Crippen LogP contribution in [0.5, 0.6) is 0 Å². The molecule has 4 rings (SSSR count). The lowest BCUT2D eigenvalue weighted by Crippen LogP contribution is -2.21. The van der Waals surface area contributed by atoms with E-state index in [9.17, 15) is 4.79 Å². The van der Waals surface area contributed by atoms with E-state index in [1.807, 2.05) is 61.7 Å². The third-order valence-corrected chi connectivity index (χ3v) is 4.90. The number of nitrogens with one attached hydrogen (secondary N) is 2. The number of hydrogen-bond acceptors (Lipinski definition) is 2. The number of fused-ring (bicyclic) bond motifs is 1. The Balaban J connectivity index is 1.79. The number of halogens is 1. The second-order valence-corrected chi connectivity index (χ2v) is 7.04. The first-order valence-electron chi connectivity index (χ1n) is 8.81. The van der Waals surface area contributed by atoms with Crippen molar-refractivity contribution >= 4 is 34.0 Å². The van der Waals surface area contributed by atoms with Crippen LogP contribution in [-0.4, -0.2) is 10.8 Å². The number of rotatable bonds is 5. The molecule has 27 heavy (non-hydrogen) atoms. The molecule has 0 bridgehead atoms. The highest BCUT2D eigenvalue weighted by molar-refractivity contribution is 6.30. The zero-order chi connectivity index (χ0) is 18.8. The minimum atomic E-state index is -0.510. The molecule has 1 heterocycles. The van der Waals surface area contributed by atoms with Crippen LogP contribution in [0, 0.1) is 6.92 Å². The number of H-pyrrole nitrogens is 1. The number of hydrogen-bond donors (Lipinski definition) is 2. The van der Waals surface area contributed by atoms with E-state index in [0.717, 1.165) is 27.7 Å². The largest absolute Gasteiger partial charge is 0.371 e. The highest BCUT2D eigenvalue weighted by Gasteiger charge is 2.24. The van der Waals surface area contributed by atoms with Crippen molar-refractivity contribution in [2.45, 2.75) is 13.0 Å². The SMILES string of the molecule is Cc1cccc(NC(C(=O)c2ccc(Cl)cc2)c2c[nH]c3ccccc23)c1. The molecule has 0 aliphatic carbocycles. The number of benzene rings is 3. The van der Waals surface area contributed by atoms with Crippen LogP contribution >= 0.6 is 11.6 Å². The van der Waals surface area contributed by atoms with Crippen LogP contribution in [0.3, 0.4) is 0 Å². The summed E-state index contributed by atoms with van der Waals surface area (Å²) in [6.07, 6.45) is 1.91. The van der Waals surface area contributed by atoms with Gasteiger partial charge in [-0.3, -0.25) is 4.79 Å². The molecule has 1 atom stereocenters. The molecule has 134 valence electrons. The molecule has 4 heteroatoms. The molecule has 3 nitrogen and oxygen atoms in total. The summed E-state index contributed by atoms with van der Waals surface area (Å²) in [5.74, 6) is -0.00192. The van der Waals surface area contributed by atoms with Crippen LogP contribution in [-0.2, 0) is 0 Å². The summed E-state index contributed by atoms with van der Waals surface area (Å²) in [6.45, 7) is 2.03. The summed E-state index contributed by atoms with van der Waals surface area (Å²) in [5, 5.41) is 5.07. The first-order chi connectivity index (χ1) is 13.1. The molecule has 0 saturated carbocycles. The van der Waals surface area contributed by atoms with Gasteiger partial charge in [-0.25, -0.2) is 0 Å². The quantitative estimate of drug-likeness (QED) is 0.410. The van der Waals surface area contributed by atoms with E-state index in [1.54, 1.807) is 24.3 Å². The predicted octanol–water partition coefficient (Wildman–Crippen LogP) is 6.17. The fraction of sp³-hybridized carbons (Fsp3) is 0.0870. The van der Waals surface area contributed by atoms with E-state index in [1.165, 1.54) is 0 Å². The zero-order valence-corrected chi connectivity index (χ0v) is 15.6. The molecular formula is C23H19ClN2O. The highest BCUT2D eigenvalue weighted by atomic mass is 35.5. The van der Waals surface area contributed by atoms with Crippen molar-refractivity contribution in [3.8, 4) is 0 Å². The molecule has 0 amide bonds. The molecule has 4 aromatic rings. The van der Waals surface area contributed by atoms with Gasteiger partial charge in [0.2, 0.25) is 0 Å². The number of aromatic nitrogens is 1. The van der Waals surface area contributed by atoms with Crippen molar-refractivity contribution in [2.75, 3.05) is 5.32 Å². The molecule has 1 aromatic heterocycles. The number of Topliss-reactive ketones (excluding diaryl/α,β-unsaturated/α-hetero) is 1. The smallest absolute Gasteiger partial charge is 0.189 e. The number of carbonyl (C=O) groups excluding carboxylic acids is 1. The van der Waals surface area contributed by atoms with Gasteiger partial charge in [0.25, 0.3) is 0 Å². The van der Waals surface area contributed by atoms with Gasteiger partial charge in [-0.1, -0.05) is 41.9 Å². The second-order valence-electron chi connectivity index (χ2n) is 6.61. The van der Waals surface area contributed by atoms with Gasteiger partial charge in [0.15, 0.2) is 5.78 Å². The van der Waals surface area contributed by atoms with E-state index < -0.39 is 6.04 Å². The summed E-state index contributed by atoms with van der Waals surface area (Å²) in [6, 6.07) is 22.5. The number of anilines is 1. The lowest BCUT2D eigenvalue weighted by atomic mass is 9.96. The predicted molar refractivity (Wildman–Crippen MR) is 112 cm³/mol. The Kier molecular flexibility index (Phi) is 4.69. The lowest BCUT2D eigenvalue weighted by molar-refractivity contribution is 0.0970. The van der Waals surface area contributed by atoms with E-state index in [4.69, 9.17) is 11.6 Å². The monoisotopic (exact) mass is 374 g/mol. The van der Waals surface area contributed by atoms with Crippen molar-refractivity contribution in [2.24, 2.45) is 0 Å². The summed E-state index contributed by atoms with van der Waals surface area (Å²) in [5.41, 5.74) is 4.60. The van der Waals surface area contributed by atoms with Gasteiger partial charge in [-0.15, -0.1) is 0 Å². The van der Waals surface area contributed by atoms with Crippen molar-refractivity contribution in [3.63, 3.8) is 0 Å². The summed E-state index contributed by atoms with van der Waals surface area (Å²) < 4.78 is 0. The van der Waals surface area contributed by atoms with E-state index in [0.29, 0.717) is 10.6 Å². The minimum Gasteiger partial charge on any atom is -0.371 e. The molecule has 1 unspecified atom stereocenters. The van der Waals surface area contributed by atoms with Crippen molar-refractivity contribution in [1.82, 2.24) is 4.98 Å². The summed E-state index contributed by atoms with van der Waals surface area (Å²) >= 11 is 5.99. The maximum absolute atomic E-state index is 13.4. The number of ketones is 1. The average Bonchev–Trinajstić information content (AvgIpc) is 3.10. The van der Waals surface area contributed by atoms with Gasteiger partial charge >= 0.3 is 0 Å². The molecule has 0 aliphatic rings.